The number of aromatic amines is 1. The minimum atomic E-state index is -0.300. The fourth-order valence-electron chi connectivity index (χ4n) is 1.70. The average molecular weight is 309 g/mol. The second-order valence-electron chi connectivity index (χ2n) is 3.92. The van der Waals surface area contributed by atoms with Gasteiger partial charge in [-0.1, -0.05) is 22.0 Å². The smallest absolute Gasteiger partial charge is 0.275 e. The Kier molecular flexibility index (Phi) is 3.43. The monoisotopic (exact) mass is 308 g/mol. The second-order valence-corrected chi connectivity index (χ2v) is 4.84. The van der Waals surface area contributed by atoms with Gasteiger partial charge < -0.3 is 5.11 Å². The van der Waals surface area contributed by atoms with Crippen molar-refractivity contribution < 1.29 is 5.11 Å². The summed E-state index contributed by atoms with van der Waals surface area (Å²) in [5.74, 6) is -0.0714. The molecule has 0 aliphatic rings. The number of benzene rings is 1. The number of hydrogen-bond donors (Lipinski definition) is 2. The number of nitrogens with one attached hydrogen (secondary N) is 1. The first-order valence-corrected chi connectivity index (χ1v) is 6.27. The van der Waals surface area contributed by atoms with Crippen LogP contribution < -0.4 is 5.56 Å². The maximum atomic E-state index is 11.8. The van der Waals surface area contributed by atoms with Gasteiger partial charge in [0.25, 0.3) is 5.56 Å². The Labute approximate surface area is 113 Å². The van der Waals surface area contributed by atoms with E-state index in [0.717, 1.165) is 10.0 Å². The van der Waals surface area contributed by atoms with Crippen molar-refractivity contribution in [2.45, 2.75) is 13.8 Å². The first-order chi connectivity index (χ1) is 8.54. The summed E-state index contributed by atoms with van der Waals surface area (Å²) in [6.07, 6.45) is 1.79. The Morgan fingerprint density at radius 2 is 2.00 bits per heavy atom. The molecule has 2 rings (SSSR count). The lowest BCUT2D eigenvalue weighted by Crippen LogP contribution is -2.06. The first kappa shape index (κ1) is 12.7. The molecule has 0 bridgehead atoms. The van der Waals surface area contributed by atoms with Gasteiger partial charge in [-0.15, -0.1) is 0 Å². The average Bonchev–Trinajstić information content (AvgIpc) is 2.65. The minimum absolute atomic E-state index is 0.0714. The molecule has 0 radical (unpaired) electrons. The van der Waals surface area contributed by atoms with E-state index in [-0.39, 0.29) is 11.4 Å². The maximum Gasteiger partial charge on any atom is 0.275 e. The van der Waals surface area contributed by atoms with Crippen LogP contribution in [0.2, 0.25) is 0 Å². The Balaban J connectivity index is 2.61. The van der Waals surface area contributed by atoms with Gasteiger partial charge in [-0.2, -0.15) is 0 Å². The van der Waals surface area contributed by atoms with E-state index in [0.29, 0.717) is 11.3 Å². The lowest BCUT2D eigenvalue weighted by atomic mass is 10.1. The van der Waals surface area contributed by atoms with Gasteiger partial charge in [-0.3, -0.25) is 9.89 Å². The third kappa shape index (κ3) is 2.13. The Morgan fingerprint density at radius 3 is 2.56 bits per heavy atom. The number of rotatable bonds is 2. The van der Waals surface area contributed by atoms with Gasteiger partial charge in [0, 0.05) is 4.47 Å². The third-order valence-corrected chi connectivity index (χ3v) is 3.32. The Bertz CT molecular complexity index is 651. The summed E-state index contributed by atoms with van der Waals surface area (Å²) in [6, 6.07) is 7.29. The highest BCUT2D eigenvalue weighted by Gasteiger charge is 2.15. The summed E-state index contributed by atoms with van der Waals surface area (Å²) >= 11 is 3.34. The zero-order valence-electron chi connectivity index (χ0n) is 10.1. The van der Waals surface area contributed by atoms with Crippen molar-refractivity contribution in [2.75, 3.05) is 0 Å². The fraction of sp³-hybridized carbons (Fsp3) is 0.154. The molecule has 0 amide bonds. The van der Waals surface area contributed by atoms with Gasteiger partial charge in [-0.25, -0.2) is 4.68 Å². The van der Waals surface area contributed by atoms with Crippen LogP contribution in [0.15, 0.2) is 39.6 Å². The normalized spacial score (nSPS) is 11.8. The molecule has 1 aromatic carbocycles. The van der Waals surface area contributed by atoms with Gasteiger partial charge in [0.05, 0.1) is 5.69 Å². The molecule has 0 aliphatic carbocycles. The molecule has 2 N–H and O–H groups in total. The Morgan fingerprint density at radius 1 is 1.39 bits per heavy atom. The van der Waals surface area contributed by atoms with Crippen molar-refractivity contribution in [3.63, 3.8) is 0 Å². The van der Waals surface area contributed by atoms with E-state index < -0.39 is 0 Å². The molecule has 2 aromatic rings. The summed E-state index contributed by atoms with van der Waals surface area (Å²) in [5.41, 5.74) is 1.44. The van der Waals surface area contributed by atoms with Crippen LogP contribution in [0.25, 0.3) is 11.3 Å². The van der Waals surface area contributed by atoms with Crippen molar-refractivity contribution in [3.05, 3.63) is 50.7 Å². The number of allylic oxidation sites excluding steroid dienone is 2. The van der Waals surface area contributed by atoms with Crippen LogP contribution in [0.1, 0.15) is 19.4 Å². The van der Waals surface area contributed by atoms with Gasteiger partial charge >= 0.3 is 0 Å². The predicted octanol–water partition coefficient (Wildman–Crippen LogP) is 3.06. The zero-order valence-corrected chi connectivity index (χ0v) is 11.7. The predicted molar refractivity (Wildman–Crippen MR) is 75.1 cm³/mol. The molecule has 1 heterocycles. The molecule has 0 saturated carbocycles. The second kappa shape index (κ2) is 4.86. The molecular weight excluding hydrogens is 296 g/mol. The summed E-state index contributed by atoms with van der Waals surface area (Å²) < 4.78 is 2.31. The van der Waals surface area contributed by atoms with Crippen molar-refractivity contribution in [1.82, 2.24) is 9.78 Å². The molecule has 0 saturated heterocycles. The lowest BCUT2D eigenvalue weighted by Gasteiger charge is -2.04. The van der Waals surface area contributed by atoms with E-state index in [9.17, 15) is 9.90 Å². The SMILES string of the molecule is CC=C(C)c1c(O)n(-c2ccc(Br)cc2)[nH]c1=O. The van der Waals surface area contributed by atoms with Crippen molar-refractivity contribution in [2.24, 2.45) is 0 Å². The minimum Gasteiger partial charge on any atom is -0.493 e. The van der Waals surface area contributed by atoms with Crippen molar-refractivity contribution >= 4 is 21.5 Å². The fourth-order valence-corrected chi connectivity index (χ4v) is 1.96. The van der Waals surface area contributed by atoms with Crippen molar-refractivity contribution in [1.29, 1.82) is 0 Å². The van der Waals surface area contributed by atoms with E-state index >= 15 is 0 Å². The van der Waals surface area contributed by atoms with E-state index in [1.165, 1.54) is 4.68 Å². The molecular formula is C13H13BrN2O2. The molecule has 0 atom stereocenters. The van der Waals surface area contributed by atoms with Crippen LogP contribution >= 0.6 is 15.9 Å². The third-order valence-electron chi connectivity index (χ3n) is 2.79. The number of nitrogens with zero attached hydrogens (tertiary/aromatic N) is 1. The van der Waals surface area contributed by atoms with Gasteiger partial charge in [0.1, 0.15) is 5.56 Å². The lowest BCUT2D eigenvalue weighted by molar-refractivity contribution is 0.432. The van der Waals surface area contributed by atoms with Gasteiger partial charge in [0.2, 0.25) is 5.88 Å². The molecule has 94 valence electrons. The van der Waals surface area contributed by atoms with E-state index in [2.05, 4.69) is 21.0 Å². The van der Waals surface area contributed by atoms with Crippen LogP contribution in [-0.2, 0) is 0 Å². The van der Waals surface area contributed by atoms with Crippen LogP contribution in [0.4, 0.5) is 0 Å². The topological polar surface area (TPSA) is 58.0 Å². The molecule has 0 fully saturated rings. The highest BCUT2D eigenvalue weighted by atomic mass is 79.9. The molecule has 18 heavy (non-hydrogen) atoms. The Hall–Kier alpha value is -1.75. The molecule has 5 heteroatoms. The number of H-pyrrole nitrogens is 1. The highest BCUT2D eigenvalue weighted by molar-refractivity contribution is 9.10. The summed E-state index contributed by atoms with van der Waals surface area (Å²) in [7, 11) is 0. The van der Waals surface area contributed by atoms with Crippen LogP contribution in [0.5, 0.6) is 5.88 Å². The van der Waals surface area contributed by atoms with E-state index in [1.807, 2.05) is 19.1 Å². The van der Waals surface area contributed by atoms with Gasteiger partial charge in [0.15, 0.2) is 0 Å². The van der Waals surface area contributed by atoms with E-state index in [4.69, 9.17) is 0 Å². The first-order valence-electron chi connectivity index (χ1n) is 5.47. The molecule has 0 unspecified atom stereocenters. The largest absolute Gasteiger partial charge is 0.493 e. The van der Waals surface area contributed by atoms with Crippen molar-refractivity contribution in [3.8, 4) is 11.6 Å². The maximum absolute atomic E-state index is 11.8. The number of aromatic hydroxyl groups is 1. The van der Waals surface area contributed by atoms with E-state index in [1.54, 1.807) is 25.1 Å². The summed E-state index contributed by atoms with van der Waals surface area (Å²) in [5, 5.41) is 12.7. The number of hydrogen-bond acceptors (Lipinski definition) is 2. The standard InChI is InChI=1S/C13H13BrN2O2/c1-3-8(2)11-12(17)15-16(13(11)18)10-6-4-9(14)5-7-10/h3-7,18H,1-2H3,(H,15,17). The quantitative estimate of drug-likeness (QED) is 0.896. The highest BCUT2D eigenvalue weighted by Crippen LogP contribution is 2.24. The molecule has 4 nitrogen and oxygen atoms in total. The molecule has 0 aliphatic heterocycles. The van der Waals surface area contributed by atoms with Crippen LogP contribution in [-0.4, -0.2) is 14.9 Å². The number of halogens is 1. The van der Waals surface area contributed by atoms with Crippen LogP contribution in [0, 0.1) is 0 Å². The van der Waals surface area contributed by atoms with Crippen LogP contribution in [0.3, 0.4) is 0 Å². The summed E-state index contributed by atoms with van der Waals surface area (Å²) in [4.78, 5) is 11.8. The molecule has 0 spiro atoms. The molecule has 1 aromatic heterocycles. The number of aromatic nitrogens is 2. The summed E-state index contributed by atoms with van der Waals surface area (Å²) in [6.45, 7) is 3.61. The zero-order chi connectivity index (χ0) is 13.3. The van der Waals surface area contributed by atoms with Gasteiger partial charge in [-0.05, 0) is 43.7 Å².